The third kappa shape index (κ3) is 4.31. The van der Waals surface area contributed by atoms with Gasteiger partial charge in [0, 0.05) is 28.7 Å². The van der Waals surface area contributed by atoms with E-state index in [4.69, 9.17) is 21.3 Å². The van der Waals surface area contributed by atoms with Crippen molar-refractivity contribution in [3.05, 3.63) is 118 Å². The summed E-state index contributed by atoms with van der Waals surface area (Å²) in [5.41, 5.74) is 8.30. The highest BCUT2D eigenvalue weighted by atomic mass is 35.5. The number of rotatable bonds is 5. The van der Waals surface area contributed by atoms with Gasteiger partial charge in [0.2, 0.25) is 0 Å². The molecular weight excluding hydrogens is 426 g/mol. The fraction of sp³-hybridized carbons (Fsp3) is 0.167. The molecule has 0 radical (unpaired) electrons. The third-order valence-electron chi connectivity index (χ3n) is 6.10. The van der Waals surface area contributed by atoms with Crippen LogP contribution in [-0.2, 0) is 6.42 Å². The number of ether oxygens (including phenoxy) is 1. The molecule has 1 heterocycles. The first-order valence-electron chi connectivity index (χ1n) is 11.4. The second-order valence-corrected chi connectivity index (χ2v) is 9.01. The molecule has 0 unspecified atom stereocenters. The molecule has 5 rings (SSSR count). The predicted molar refractivity (Wildman–Crippen MR) is 138 cm³/mol. The summed E-state index contributed by atoms with van der Waals surface area (Å²) in [5, 5.41) is 0.675. The van der Waals surface area contributed by atoms with Crippen LogP contribution in [0.5, 0.6) is 5.75 Å². The fourth-order valence-corrected chi connectivity index (χ4v) is 4.55. The molecular formula is C30H26ClNO. The Labute approximate surface area is 200 Å². The lowest BCUT2D eigenvalue weighted by molar-refractivity contribution is 0.358. The van der Waals surface area contributed by atoms with E-state index >= 15 is 0 Å². The van der Waals surface area contributed by atoms with Gasteiger partial charge >= 0.3 is 0 Å². The van der Waals surface area contributed by atoms with Crippen molar-refractivity contribution < 1.29 is 4.74 Å². The molecule has 0 aromatic heterocycles. The zero-order valence-electron chi connectivity index (χ0n) is 18.9. The van der Waals surface area contributed by atoms with Crippen LogP contribution < -0.4 is 4.74 Å². The van der Waals surface area contributed by atoms with Gasteiger partial charge in [-0.15, -0.1) is 0 Å². The quantitative estimate of drug-likeness (QED) is 0.280. The van der Waals surface area contributed by atoms with Crippen LogP contribution in [0.2, 0.25) is 5.02 Å². The van der Waals surface area contributed by atoms with Crippen LogP contribution in [0.3, 0.4) is 0 Å². The maximum atomic E-state index is 6.91. The number of fused-ring (bicyclic) bond motifs is 1. The van der Waals surface area contributed by atoms with Crippen molar-refractivity contribution in [1.29, 1.82) is 0 Å². The normalized spacial score (nSPS) is 12.4. The summed E-state index contributed by atoms with van der Waals surface area (Å²) in [4.78, 5) is 5.14. The highest BCUT2D eigenvalue weighted by Gasteiger charge is 2.24. The minimum atomic E-state index is 0.491. The molecule has 2 nitrogen and oxygen atoms in total. The van der Waals surface area contributed by atoms with E-state index in [-0.39, 0.29) is 0 Å². The topological polar surface area (TPSA) is 21.6 Å². The van der Waals surface area contributed by atoms with Gasteiger partial charge in [-0.05, 0) is 23.1 Å². The number of nitrogens with zero attached hydrogens (tertiary/aromatic N) is 1. The van der Waals surface area contributed by atoms with Gasteiger partial charge in [0.1, 0.15) is 5.75 Å². The lowest BCUT2D eigenvalue weighted by Gasteiger charge is -2.14. The number of halogens is 1. The van der Waals surface area contributed by atoms with Gasteiger partial charge in [-0.25, -0.2) is 4.99 Å². The maximum absolute atomic E-state index is 6.91. The van der Waals surface area contributed by atoms with Gasteiger partial charge in [-0.1, -0.05) is 110 Å². The van der Waals surface area contributed by atoms with E-state index in [9.17, 15) is 0 Å². The molecule has 1 aliphatic rings. The highest BCUT2D eigenvalue weighted by Crippen LogP contribution is 2.46. The minimum absolute atomic E-state index is 0.491. The van der Waals surface area contributed by atoms with E-state index in [0.29, 0.717) is 17.5 Å². The second-order valence-electron chi connectivity index (χ2n) is 8.63. The van der Waals surface area contributed by atoms with E-state index in [1.165, 1.54) is 5.56 Å². The summed E-state index contributed by atoms with van der Waals surface area (Å²) in [6, 6.07) is 31.3. The van der Waals surface area contributed by atoms with E-state index in [1.807, 2.05) is 36.4 Å². The minimum Gasteiger partial charge on any atom is -0.492 e. The monoisotopic (exact) mass is 451 g/mol. The Balaban J connectivity index is 1.69. The first-order chi connectivity index (χ1) is 16.1. The molecule has 0 amide bonds. The summed E-state index contributed by atoms with van der Waals surface area (Å²) in [5.74, 6) is 1.38. The smallest absolute Gasteiger partial charge is 0.132 e. The van der Waals surface area contributed by atoms with Crippen molar-refractivity contribution in [2.75, 3.05) is 6.61 Å². The van der Waals surface area contributed by atoms with Crippen molar-refractivity contribution in [3.8, 4) is 16.9 Å². The van der Waals surface area contributed by atoms with Crippen LogP contribution in [0.1, 0.15) is 42.0 Å². The van der Waals surface area contributed by atoms with Crippen LogP contribution in [0.25, 0.3) is 11.1 Å². The van der Waals surface area contributed by atoms with Crippen LogP contribution in [0.4, 0.5) is 5.69 Å². The van der Waals surface area contributed by atoms with Gasteiger partial charge < -0.3 is 4.74 Å². The first kappa shape index (κ1) is 21.5. The molecule has 164 valence electrons. The Hall–Kier alpha value is -3.36. The third-order valence-corrected chi connectivity index (χ3v) is 6.52. The van der Waals surface area contributed by atoms with Gasteiger partial charge in [-0.2, -0.15) is 0 Å². The fourth-order valence-electron chi connectivity index (χ4n) is 4.28. The lowest BCUT2D eigenvalue weighted by Crippen LogP contribution is -2.03. The second kappa shape index (κ2) is 9.25. The number of hydrogen-bond acceptors (Lipinski definition) is 2. The molecule has 0 bridgehead atoms. The van der Waals surface area contributed by atoms with Gasteiger partial charge in [0.15, 0.2) is 0 Å². The van der Waals surface area contributed by atoms with Crippen molar-refractivity contribution in [2.24, 2.45) is 4.99 Å². The van der Waals surface area contributed by atoms with Crippen molar-refractivity contribution in [2.45, 2.75) is 26.2 Å². The molecule has 3 heteroatoms. The molecule has 4 aromatic carbocycles. The zero-order chi connectivity index (χ0) is 22.8. The van der Waals surface area contributed by atoms with Crippen molar-refractivity contribution >= 4 is 23.0 Å². The van der Waals surface area contributed by atoms with E-state index in [2.05, 4.69) is 68.4 Å². The van der Waals surface area contributed by atoms with Crippen LogP contribution in [-0.4, -0.2) is 12.3 Å². The average molecular weight is 452 g/mol. The summed E-state index contributed by atoms with van der Waals surface area (Å²) in [6.45, 7) is 5.06. The zero-order valence-corrected chi connectivity index (χ0v) is 19.6. The maximum Gasteiger partial charge on any atom is 0.132 e. The molecule has 33 heavy (non-hydrogen) atoms. The number of hydrogen-bond donors (Lipinski definition) is 0. The molecule has 0 spiro atoms. The first-order valence-corrected chi connectivity index (χ1v) is 11.8. The Bertz CT molecular complexity index is 1250. The lowest BCUT2D eigenvalue weighted by atomic mass is 9.96. The Morgan fingerprint density at radius 1 is 0.848 bits per heavy atom. The summed E-state index contributed by atoms with van der Waals surface area (Å²) in [6.07, 6.45) is 0.792. The Kier molecular flexibility index (Phi) is 6.02. The van der Waals surface area contributed by atoms with Crippen LogP contribution in [0.15, 0.2) is 96.0 Å². The molecule has 0 aliphatic carbocycles. The van der Waals surface area contributed by atoms with Gasteiger partial charge in [0.25, 0.3) is 0 Å². The highest BCUT2D eigenvalue weighted by molar-refractivity contribution is 6.34. The SMILES string of the molecule is CC(C)c1ccc(-c2cc(N=C(c3ccccc3)c3ccccc3)c(Cl)c3c2OCC3)cc1. The van der Waals surface area contributed by atoms with Crippen molar-refractivity contribution in [1.82, 2.24) is 0 Å². The largest absolute Gasteiger partial charge is 0.492 e. The average Bonchev–Trinajstić information content (AvgIpc) is 3.35. The van der Waals surface area contributed by atoms with Crippen molar-refractivity contribution in [3.63, 3.8) is 0 Å². The van der Waals surface area contributed by atoms with Crippen LogP contribution >= 0.6 is 11.6 Å². The molecule has 0 saturated carbocycles. The number of benzene rings is 4. The standard InChI is InChI=1S/C30H26ClNO/c1-20(2)21-13-15-22(16-14-21)26-19-27(28(31)25-17-18-33-30(25)26)32-29(23-9-5-3-6-10-23)24-11-7-4-8-12-24/h3-16,19-20H,17-18H2,1-2H3. The Morgan fingerprint density at radius 2 is 1.45 bits per heavy atom. The molecule has 0 N–H and O–H groups in total. The molecule has 1 aliphatic heterocycles. The van der Waals surface area contributed by atoms with E-state index < -0.39 is 0 Å². The van der Waals surface area contributed by atoms with Gasteiger partial charge in [-0.3, -0.25) is 0 Å². The predicted octanol–water partition coefficient (Wildman–Crippen LogP) is 8.23. The Morgan fingerprint density at radius 3 is 2.03 bits per heavy atom. The summed E-state index contributed by atoms with van der Waals surface area (Å²) < 4.78 is 6.04. The van der Waals surface area contributed by atoms with E-state index in [1.54, 1.807) is 0 Å². The van der Waals surface area contributed by atoms with Gasteiger partial charge in [0.05, 0.1) is 23.0 Å². The van der Waals surface area contributed by atoms with E-state index in [0.717, 1.165) is 51.4 Å². The number of aliphatic imine (C=N–C) groups is 1. The molecule has 0 fully saturated rings. The van der Waals surface area contributed by atoms with Crippen LogP contribution in [0, 0.1) is 0 Å². The summed E-state index contributed by atoms with van der Waals surface area (Å²) in [7, 11) is 0. The molecule has 4 aromatic rings. The summed E-state index contributed by atoms with van der Waals surface area (Å²) >= 11 is 6.91. The molecule has 0 saturated heterocycles. The molecule has 0 atom stereocenters.